The molecule has 0 unspecified atom stereocenters. The standard InChI is InChI=1S/C23H27N3O2/c1-2-10-23(27)24-16-8-15-22-25-20-13-6-7-14-21(20)26(22)17-9-18-28-19-11-4-3-5-12-19/h2-7,10-14H,8-9,15-18H2,1H3,(H,24,27)/b10-2-. The second-order valence-corrected chi connectivity index (χ2v) is 6.58. The van der Waals surface area contributed by atoms with Crippen LogP contribution in [-0.2, 0) is 17.8 Å². The smallest absolute Gasteiger partial charge is 0.243 e. The minimum atomic E-state index is -0.0472. The highest BCUT2D eigenvalue weighted by atomic mass is 16.5. The molecule has 2 aromatic carbocycles. The topological polar surface area (TPSA) is 56.2 Å². The highest BCUT2D eigenvalue weighted by molar-refractivity contribution is 5.87. The zero-order valence-corrected chi connectivity index (χ0v) is 16.3. The van der Waals surface area contributed by atoms with Crippen molar-refractivity contribution in [1.29, 1.82) is 0 Å². The molecule has 28 heavy (non-hydrogen) atoms. The number of carbonyl (C=O) groups excluding carboxylic acids is 1. The van der Waals surface area contributed by atoms with Crippen molar-refractivity contribution in [2.75, 3.05) is 13.2 Å². The zero-order valence-electron chi connectivity index (χ0n) is 16.3. The number of hydrogen-bond donors (Lipinski definition) is 1. The van der Waals surface area contributed by atoms with Crippen molar-refractivity contribution in [3.63, 3.8) is 0 Å². The molecule has 1 aromatic heterocycles. The molecular weight excluding hydrogens is 350 g/mol. The van der Waals surface area contributed by atoms with E-state index in [0.717, 1.165) is 48.4 Å². The van der Waals surface area contributed by atoms with E-state index in [1.165, 1.54) is 0 Å². The Balaban J connectivity index is 1.58. The van der Waals surface area contributed by atoms with Gasteiger partial charge in [-0.05, 0) is 50.1 Å². The summed E-state index contributed by atoms with van der Waals surface area (Å²) in [5.74, 6) is 1.91. The Morgan fingerprint density at radius 3 is 2.71 bits per heavy atom. The summed E-state index contributed by atoms with van der Waals surface area (Å²) >= 11 is 0. The fourth-order valence-electron chi connectivity index (χ4n) is 3.16. The second kappa shape index (κ2) is 10.3. The summed E-state index contributed by atoms with van der Waals surface area (Å²) in [7, 11) is 0. The van der Waals surface area contributed by atoms with E-state index >= 15 is 0 Å². The van der Waals surface area contributed by atoms with Crippen LogP contribution in [0.2, 0.25) is 0 Å². The Kier molecular flexibility index (Phi) is 7.24. The van der Waals surface area contributed by atoms with Gasteiger partial charge in [0.2, 0.25) is 5.91 Å². The lowest BCUT2D eigenvalue weighted by atomic mass is 10.2. The Morgan fingerprint density at radius 2 is 1.89 bits per heavy atom. The van der Waals surface area contributed by atoms with Crippen LogP contribution in [0.1, 0.15) is 25.6 Å². The SMILES string of the molecule is C/C=C\C(=O)NCCCc1nc2ccccc2n1CCCOc1ccccc1. The summed E-state index contributed by atoms with van der Waals surface area (Å²) in [6.07, 6.45) is 5.87. The molecule has 5 nitrogen and oxygen atoms in total. The van der Waals surface area contributed by atoms with Crippen molar-refractivity contribution in [1.82, 2.24) is 14.9 Å². The Morgan fingerprint density at radius 1 is 1.11 bits per heavy atom. The van der Waals surface area contributed by atoms with Crippen molar-refractivity contribution >= 4 is 16.9 Å². The molecule has 5 heteroatoms. The van der Waals surface area contributed by atoms with Gasteiger partial charge in [0.05, 0.1) is 17.6 Å². The lowest BCUT2D eigenvalue weighted by molar-refractivity contribution is -0.116. The van der Waals surface area contributed by atoms with Crippen LogP contribution in [0.3, 0.4) is 0 Å². The number of aromatic nitrogens is 2. The van der Waals surface area contributed by atoms with Crippen molar-refractivity contribution in [2.45, 2.75) is 32.7 Å². The predicted molar refractivity (Wildman–Crippen MR) is 112 cm³/mol. The highest BCUT2D eigenvalue weighted by Crippen LogP contribution is 2.18. The van der Waals surface area contributed by atoms with Crippen LogP contribution < -0.4 is 10.1 Å². The molecule has 146 valence electrons. The van der Waals surface area contributed by atoms with E-state index in [1.807, 2.05) is 55.5 Å². The third-order valence-corrected chi connectivity index (χ3v) is 4.47. The molecule has 0 radical (unpaired) electrons. The molecule has 1 N–H and O–H groups in total. The summed E-state index contributed by atoms with van der Waals surface area (Å²) in [4.78, 5) is 16.3. The first-order chi connectivity index (χ1) is 13.8. The van der Waals surface area contributed by atoms with Gasteiger partial charge in [-0.2, -0.15) is 0 Å². The summed E-state index contributed by atoms with van der Waals surface area (Å²) in [5, 5.41) is 2.89. The van der Waals surface area contributed by atoms with Gasteiger partial charge in [-0.1, -0.05) is 36.4 Å². The number of ether oxygens (including phenoxy) is 1. The fourth-order valence-corrected chi connectivity index (χ4v) is 3.16. The van der Waals surface area contributed by atoms with Gasteiger partial charge in [0.25, 0.3) is 0 Å². The van der Waals surface area contributed by atoms with Gasteiger partial charge in [-0.25, -0.2) is 4.98 Å². The molecule has 0 atom stereocenters. The van der Waals surface area contributed by atoms with Crippen LogP contribution in [0, 0.1) is 0 Å². The fraction of sp³-hybridized carbons (Fsp3) is 0.304. The zero-order chi connectivity index (χ0) is 19.6. The van der Waals surface area contributed by atoms with Gasteiger partial charge >= 0.3 is 0 Å². The number of nitrogens with one attached hydrogen (secondary N) is 1. The monoisotopic (exact) mass is 377 g/mol. The van der Waals surface area contributed by atoms with Crippen molar-refractivity contribution in [3.8, 4) is 5.75 Å². The van der Waals surface area contributed by atoms with E-state index in [4.69, 9.17) is 9.72 Å². The van der Waals surface area contributed by atoms with E-state index in [1.54, 1.807) is 12.2 Å². The maximum Gasteiger partial charge on any atom is 0.243 e. The number of aryl methyl sites for hydroxylation is 2. The van der Waals surface area contributed by atoms with Gasteiger partial charge < -0.3 is 14.6 Å². The molecular formula is C23H27N3O2. The normalized spacial score (nSPS) is 11.2. The molecule has 0 saturated carbocycles. The quantitative estimate of drug-likeness (QED) is 0.427. The van der Waals surface area contributed by atoms with Gasteiger partial charge in [0.15, 0.2) is 0 Å². The van der Waals surface area contributed by atoms with Gasteiger partial charge in [-0.15, -0.1) is 0 Å². The number of rotatable bonds is 10. The second-order valence-electron chi connectivity index (χ2n) is 6.58. The minimum Gasteiger partial charge on any atom is -0.494 e. The molecule has 3 rings (SSSR count). The van der Waals surface area contributed by atoms with Crippen molar-refractivity contribution in [3.05, 3.63) is 72.6 Å². The molecule has 1 amide bonds. The Bertz CT molecular complexity index is 916. The number of nitrogens with zero attached hydrogens (tertiary/aromatic N) is 2. The first-order valence-corrected chi connectivity index (χ1v) is 9.80. The molecule has 0 aliphatic carbocycles. The minimum absolute atomic E-state index is 0.0472. The number of hydrogen-bond acceptors (Lipinski definition) is 3. The molecule has 1 heterocycles. The number of carbonyl (C=O) groups is 1. The summed E-state index contributed by atoms with van der Waals surface area (Å²) < 4.78 is 8.09. The van der Waals surface area contributed by atoms with Crippen LogP contribution in [-0.4, -0.2) is 28.6 Å². The van der Waals surface area contributed by atoms with E-state index in [2.05, 4.69) is 16.0 Å². The van der Waals surface area contributed by atoms with Crippen LogP contribution in [0.25, 0.3) is 11.0 Å². The summed E-state index contributed by atoms with van der Waals surface area (Å²) in [6.45, 7) is 4.00. The molecule has 0 aliphatic heterocycles. The Hall–Kier alpha value is -3.08. The van der Waals surface area contributed by atoms with Gasteiger partial charge in [-0.3, -0.25) is 4.79 Å². The van der Waals surface area contributed by atoms with Gasteiger partial charge in [0.1, 0.15) is 11.6 Å². The van der Waals surface area contributed by atoms with E-state index in [0.29, 0.717) is 13.2 Å². The molecule has 3 aromatic rings. The molecule has 0 spiro atoms. The lowest BCUT2D eigenvalue weighted by Crippen LogP contribution is -2.22. The predicted octanol–water partition coefficient (Wildman–Crippen LogP) is 4.13. The molecule has 0 fully saturated rings. The number of benzene rings is 2. The third kappa shape index (κ3) is 5.46. The van der Waals surface area contributed by atoms with Crippen LogP contribution in [0.5, 0.6) is 5.75 Å². The van der Waals surface area contributed by atoms with Gasteiger partial charge in [0, 0.05) is 19.5 Å². The highest BCUT2D eigenvalue weighted by Gasteiger charge is 2.10. The average Bonchev–Trinajstić information content (AvgIpc) is 3.07. The van der Waals surface area contributed by atoms with Crippen LogP contribution >= 0.6 is 0 Å². The number of para-hydroxylation sites is 3. The van der Waals surface area contributed by atoms with Crippen LogP contribution in [0.15, 0.2) is 66.7 Å². The number of fused-ring (bicyclic) bond motifs is 1. The first-order valence-electron chi connectivity index (χ1n) is 9.80. The van der Waals surface area contributed by atoms with E-state index in [-0.39, 0.29) is 5.91 Å². The Labute approximate surface area is 166 Å². The number of amides is 1. The van der Waals surface area contributed by atoms with Crippen molar-refractivity contribution < 1.29 is 9.53 Å². The molecule has 0 bridgehead atoms. The largest absolute Gasteiger partial charge is 0.494 e. The maximum absolute atomic E-state index is 11.5. The number of imidazole rings is 1. The van der Waals surface area contributed by atoms with E-state index < -0.39 is 0 Å². The summed E-state index contributed by atoms with van der Waals surface area (Å²) in [5.41, 5.74) is 2.16. The maximum atomic E-state index is 11.5. The molecule has 0 saturated heterocycles. The third-order valence-electron chi connectivity index (χ3n) is 4.47. The summed E-state index contributed by atoms with van der Waals surface area (Å²) in [6, 6.07) is 18.1. The van der Waals surface area contributed by atoms with E-state index in [9.17, 15) is 4.79 Å². The van der Waals surface area contributed by atoms with Crippen molar-refractivity contribution in [2.24, 2.45) is 0 Å². The van der Waals surface area contributed by atoms with Crippen LogP contribution in [0.4, 0.5) is 0 Å². The molecule has 0 aliphatic rings. The lowest BCUT2D eigenvalue weighted by Gasteiger charge is -2.10. The average molecular weight is 377 g/mol. The first kappa shape index (κ1) is 19.7. The number of allylic oxidation sites excluding steroid dienone is 1.